The smallest absolute Gasteiger partial charge is 0.303 e. The molecule has 4 fully saturated rings. The van der Waals surface area contributed by atoms with Crippen molar-refractivity contribution in [3.63, 3.8) is 0 Å². The largest absolute Gasteiger partial charge is 0.459 e. The molecule has 0 saturated heterocycles. The molecule has 5 aliphatic carbocycles. The van der Waals surface area contributed by atoms with Gasteiger partial charge in [0.05, 0.1) is 10.9 Å². The molecule has 7 rings (SSSR count). The average molecular weight is 683 g/mol. The summed E-state index contributed by atoms with van der Waals surface area (Å²) >= 11 is 0. The second-order valence-corrected chi connectivity index (χ2v) is 18.4. The molecule has 4 saturated carbocycles. The zero-order chi connectivity index (χ0) is 36.0. The summed E-state index contributed by atoms with van der Waals surface area (Å²) in [6.07, 6.45) is 11.0. The highest BCUT2D eigenvalue weighted by Gasteiger charge is 2.71. The Hall–Kier alpha value is -3.22. The van der Waals surface area contributed by atoms with Gasteiger partial charge in [-0.15, -0.1) is 0 Å². The molecular formula is C43H58N2O5. The lowest BCUT2D eigenvalue weighted by atomic mass is 9.33. The number of carbonyl (C=O) groups excluding carboxylic acids is 3. The van der Waals surface area contributed by atoms with Crippen molar-refractivity contribution in [3.05, 3.63) is 48.2 Å². The first kappa shape index (κ1) is 35.2. The number of esters is 2. The number of anilines is 1. The fourth-order valence-corrected chi connectivity index (χ4v) is 13.1. The van der Waals surface area contributed by atoms with Gasteiger partial charge in [0, 0.05) is 36.5 Å². The van der Waals surface area contributed by atoms with E-state index in [1.54, 1.807) is 6.20 Å². The predicted octanol–water partition coefficient (Wildman–Crippen LogP) is 9.30. The van der Waals surface area contributed by atoms with Crippen LogP contribution >= 0.6 is 0 Å². The van der Waals surface area contributed by atoms with E-state index in [-0.39, 0.29) is 45.4 Å². The maximum atomic E-state index is 14.8. The first-order valence-electron chi connectivity index (χ1n) is 19.2. The van der Waals surface area contributed by atoms with Crippen LogP contribution in [-0.2, 0) is 23.9 Å². The Morgan fingerprint density at radius 1 is 0.880 bits per heavy atom. The molecule has 0 aliphatic heterocycles. The van der Waals surface area contributed by atoms with Gasteiger partial charge in [-0.1, -0.05) is 66.2 Å². The number of allylic oxidation sites excluding steroid dienone is 2. The van der Waals surface area contributed by atoms with Gasteiger partial charge < -0.3 is 14.8 Å². The number of nitrogens with one attached hydrogen (secondary N) is 1. The summed E-state index contributed by atoms with van der Waals surface area (Å²) < 4.78 is 12.0. The zero-order valence-corrected chi connectivity index (χ0v) is 31.7. The molecule has 5 aliphatic rings. The highest BCUT2D eigenvalue weighted by molar-refractivity contribution is 5.98. The first-order valence-corrected chi connectivity index (χ1v) is 19.2. The number of hydrogen-bond acceptors (Lipinski definition) is 6. The van der Waals surface area contributed by atoms with Crippen molar-refractivity contribution >= 4 is 34.4 Å². The van der Waals surface area contributed by atoms with E-state index < -0.39 is 17.6 Å². The number of aromatic nitrogens is 1. The predicted molar refractivity (Wildman–Crippen MR) is 196 cm³/mol. The SMILES string of the molecule is CC(=O)O[C@H]1C[C@]2(C)[C@H]3CC=C4[C@@H]5[C@@H](C)[C@H](C)CC[C@]5(C(=O)Nc5ccc6ncccc6c5)CC[C@@]4(C)[C@]3(C)CC[C@H]2C(C)(C)[C@H]1OC(C)=O. The molecule has 7 heteroatoms. The van der Waals surface area contributed by atoms with E-state index in [4.69, 9.17) is 9.47 Å². The molecule has 1 aromatic carbocycles. The van der Waals surface area contributed by atoms with Crippen molar-refractivity contribution in [2.24, 2.45) is 56.7 Å². The maximum absolute atomic E-state index is 14.8. The third-order valence-electron chi connectivity index (χ3n) is 15.8. The van der Waals surface area contributed by atoms with Gasteiger partial charge in [-0.05, 0) is 121 Å². The number of fused-ring (bicyclic) bond motifs is 8. The lowest BCUT2D eigenvalue weighted by molar-refractivity contribution is -0.244. The highest BCUT2D eigenvalue weighted by atomic mass is 16.6. The fraction of sp³-hybridized carbons (Fsp3) is 0.674. The number of nitrogens with zero attached hydrogens (tertiary/aromatic N) is 1. The Morgan fingerprint density at radius 3 is 2.34 bits per heavy atom. The van der Waals surface area contributed by atoms with Crippen LogP contribution in [0.1, 0.15) is 114 Å². The summed E-state index contributed by atoms with van der Waals surface area (Å²) in [6.45, 7) is 19.7. The minimum absolute atomic E-state index is 0.00183. The summed E-state index contributed by atoms with van der Waals surface area (Å²) in [4.78, 5) is 44.0. The summed E-state index contributed by atoms with van der Waals surface area (Å²) in [5.74, 6) is 1.29. The van der Waals surface area contributed by atoms with Gasteiger partial charge >= 0.3 is 11.9 Å². The number of pyridine rings is 1. The van der Waals surface area contributed by atoms with E-state index in [2.05, 4.69) is 70.9 Å². The van der Waals surface area contributed by atoms with Gasteiger partial charge in [-0.2, -0.15) is 0 Å². The van der Waals surface area contributed by atoms with Crippen LogP contribution in [0.3, 0.4) is 0 Å². The molecule has 0 radical (unpaired) electrons. The molecule has 0 unspecified atom stereocenters. The molecule has 1 amide bonds. The van der Waals surface area contributed by atoms with Gasteiger partial charge in [0.1, 0.15) is 12.2 Å². The topological polar surface area (TPSA) is 94.6 Å². The monoisotopic (exact) mass is 682 g/mol. The molecule has 0 spiro atoms. The Bertz CT molecular complexity index is 1750. The number of amides is 1. The Morgan fingerprint density at radius 2 is 1.62 bits per heavy atom. The molecule has 0 bridgehead atoms. The van der Waals surface area contributed by atoms with Gasteiger partial charge in [-0.3, -0.25) is 19.4 Å². The molecule has 7 nitrogen and oxygen atoms in total. The van der Waals surface area contributed by atoms with E-state index in [0.717, 1.165) is 61.5 Å². The lowest BCUT2D eigenvalue weighted by Gasteiger charge is -2.71. The summed E-state index contributed by atoms with van der Waals surface area (Å²) in [5.41, 5.74) is 2.29. The van der Waals surface area contributed by atoms with E-state index in [1.807, 2.05) is 24.3 Å². The van der Waals surface area contributed by atoms with Crippen LogP contribution in [-0.4, -0.2) is 35.0 Å². The maximum Gasteiger partial charge on any atom is 0.303 e. The van der Waals surface area contributed by atoms with E-state index in [1.165, 1.54) is 19.4 Å². The molecule has 1 heterocycles. The van der Waals surface area contributed by atoms with Crippen LogP contribution in [0.4, 0.5) is 5.69 Å². The van der Waals surface area contributed by atoms with Crippen molar-refractivity contribution in [1.82, 2.24) is 4.98 Å². The molecular weight excluding hydrogens is 624 g/mol. The minimum Gasteiger partial charge on any atom is -0.459 e. The fourth-order valence-electron chi connectivity index (χ4n) is 13.1. The van der Waals surface area contributed by atoms with E-state index in [0.29, 0.717) is 30.1 Å². The van der Waals surface area contributed by atoms with Gasteiger partial charge in [0.2, 0.25) is 5.91 Å². The second-order valence-electron chi connectivity index (χ2n) is 18.4. The Balaban J connectivity index is 1.27. The molecule has 50 heavy (non-hydrogen) atoms. The second kappa shape index (κ2) is 11.9. The third-order valence-corrected chi connectivity index (χ3v) is 15.8. The number of hydrogen-bond donors (Lipinski definition) is 1. The van der Waals surface area contributed by atoms with Crippen molar-refractivity contribution in [2.75, 3.05) is 5.32 Å². The minimum atomic E-state index is -0.485. The normalized spacial score (nSPS) is 41.7. The van der Waals surface area contributed by atoms with Gasteiger partial charge in [0.15, 0.2) is 0 Å². The third kappa shape index (κ3) is 5.02. The van der Waals surface area contributed by atoms with Crippen LogP contribution < -0.4 is 5.32 Å². The van der Waals surface area contributed by atoms with Crippen LogP contribution in [0.25, 0.3) is 10.9 Å². The van der Waals surface area contributed by atoms with Crippen molar-refractivity contribution < 1.29 is 23.9 Å². The number of carbonyl (C=O) groups is 3. The summed E-state index contributed by atoms with van der Waals surface area (Å²) in [5, 5.41) is 4.45. The average Bonchev–Trinajstić information content (AvgIpc) is 3.04. The highest BCUT2D eigenvalue weighted by Crippen LogP contribution is 2.76. The number of rotatable bonds is 4. The van der Waals surface area contributed by atoms with Gasteiger partial charge in [-0.25, -0.2) is 0 Å². The number of ether oxygens (including phenoxy) is 2. The van der Waals surface area contributed by atoms with Crippen LogP contribution in [0.2, 0.25) is 0 Å². The summed E-state index contributed by atoms with van der Waals surface area (Å²) in [7, 11) is 0. The quantitative estimate of drug-likeness (QED) is 0.255. The summed E-state index contributed by atoms with van der Waals surface area (Å²) in [6, 6.07) is 10.0. The Labute approximate surface area is 298 Å². The zero-order valence-electron chi connectivity index (χ0n) is 31.7. The molecule has 2 aromatic rings. The van der Waals surface area contributed by atoms with Crippen LogP contribution in [0.5, 0.6) is 0 Å². The number of benzene rings is 1. The van der Waals surface area contributed by atoms with Crippen molar-refractivity contribution in [3.8, 4) is 0 Å². The van der Waals surface area contributed by atoms with Crippen molar-refractivity contribution in [2.45, 2.75) is 126 Å². The molecule has 1 N–H and O–H groups in total. The van der Waals surface area contributed by atoms with Crippen molar-refractivity contribution in [1.29, 1.82) is 0 Å². The van der Waals surface area contributed by atoms with E-state index >= 15 is 0 Å². The first-order chi connectivity index (χ1) is 23.5. The standard InChI is InChI=1S/C43H58N2O5/c1-25-16-19-43(38(48)45-30-12-14-32-29(23-30)11-10-22-44-32)21-20-41(8)31(36(43)26(25)2)13-15-35-40(7)24-33(49-27(3)46)37(50-28(4)47)39(5,6)34(40)17-18-42(35,41)9/h10-14,22-23,25-26,33-37H,15-21,24H2,1-9H3,(H,45,48)/t25-,26+,33+,34+,35-,36+,37+,40+,41-,42-,43+/m1/s1. The van der Waals surface area contributed by atoms with Crippen LogP contribution in [0, 0.1) is 56.7 Å². The molecule has 1 aromatic heterocycles. The van der Waals surface area contributed by atoms with E-state index in [9.17, 15) is 14.4 Å². The molecule has 270 valence electrons. The molecule has 11 atom stereocenters. The van der Waals surface area contributed by atoms with Gasteiger partial charge in [0.25, 0.3) is 0 Å². The lowest BCUT2D eigenvalue weighted by Crippen LogP contribution is -2.68. The Kier molecular flexibility index (Phi) is 8.39. The van der Waals surface area contributed by atoms with Crippen LogP contribution in [0.15, 0.2) is 48.2 Å².